The Morgan fingerprint density at radius 2 is 2.11 bits per heavy atom. The zero-order valence-corrected chi connectivity index (χ0v) is 12.1. The lowest BCUT2D eigenvalue weighted by Crippen LogP contribution is -2.43. The summed E-state index contributed by atoms with van der Waals surface area (Å²) < 4.78 is 5.75. The fourth-order valence-corrected chi connectivity index (χ4v) is 3.71. The number of benzene rings is 1. The van der Waals surface area contributed by atoms with E-state index >= 15 is 0 Å². The Kier molecular flexibility index (Phi) is 4.29. The maximum absolute atomic E-state index is 6.13. The van der Waals surface area contributed by atoms with E-state index in [-0.39, 0.29) is 0 Å². The van der Waals surface area contributed by atoms with Gasteiger partial charge in [0, 0.05) is 24.4 Å². The van der Waals surface area contributed by atoms with Gasteiger partial charge in [0.15, 0.2) is 0 Å². The molecule has 0 spiro atoms. The average Bonchev–Trinajstić information content (AvgIpc) is 2.48. The third kappa shape index (κ3) is 2.90. The molecule has 2 nitrogen and oxygen atoms in total. The van der Waals surface area contributed by atoms with Crippen molar-refractivity contribution in [2.24, 2.45) is 0 Å². The smallest absolute Gasteiger partial charge is 0.122 e. The van der Waals surface area contributed by atoms with Crippen LogP contribution in [0, 0.1) is 0 Å². The van der Waals surface area contributed by atoms with Gasteiger partial charge in [-0.1, -0.05) is 24.6 Å². The van der Waals surface area contributed by atoms with E-state index in [1.807, 2.05) is 0 Å². The van der Waals surface area contributed by atoms with E-state index in [0.29, 0.717) is 12.0 Å². The lowest BCUT2D eigenvalue weighted by Gasteiger charge is -2.38. The van der Waals surface area contributed by atoms with Crippen LogP contribution in [-0.4, -0.2) is 36.5 Å². The fourth-order valence-electron chi connectivity index (χ4n) is 3.36. The first-order chi connectivity index (χ1) is 9.38. The monoisotopic (exact) mass is 279 g/mol. The van der Waals surface area contributed by atoms with Crippen LogP contribution < -0.4 is 4.74 Å². The second-order valence-electron chi connectivity index (χ2n) is 5.67. The van der Waals surface area contributed by atoms with Crippen molar-refractivity contribution in [3.05, 3.63) is 29.8 Å². The summed E-state index contributed by atoms with van der Waals surface area (Å²) in [5.74, 6) is 2.46. The highest BCUT2D eigenvalue weighted by Crippen LogP contribution is 2.35. The van der Waals surface area contributed by atoms with Gasteiger partial charge in [0.1, 0.15) is 5.75 Å². The molecule has 0 bridgehead atoms. The molecule has 0 amide bonds. The van der Waals surface area contributed by atoms with Crippen LogP contribution in [0.2, 0.25) is 0 Å². The largest absolute Gasteiger partial charge is 0.493 e. The van der Waals surface area contributed by atoms with E-state index in [0.717, 1.165) is 31.2 Å². The summed E-state index contributed by atoms with van der Waals surface area (Å²) in [5.41, 5.74) is 1.38. The van der Waals surface area contributed by atoms with Gasteiger partial charge < -0.3 is 4.74 Å². The van der Waals surface area contributed by atoms with Crippen LogP contribution in [0.1, 0.15) is 37.2 Å². The van der Waals surface area contributed by atoms with Crippen molar-refractivity contribution in [2.75, 3.05) is 25.6 Å². The van der Waals surface area contributed by atoms with Crippen molar-refractivity contribution < 1.29 is 4.74 Å². The van der Waals surface area contributed by atoms with Crippen LogP contribution in [-0.2, 0) is 0 Å². The number of alkyl halides is 1. The molecule has 2 atom stereocenters. The van der Waals surface area contributed by atoms with Crippen LogP contribution in [0.3, 0.4) is 0 Å². The number of ether oxygens (including phenoxy) is 1. The van der Waals surface area contributed by atoms with Crippen molar-refractivity contribution in [1.29, 1.82) is 0 Å². The van der Waals surface area contributed by atoms with Crippen molar-refractivity contribution in [1.82, 2.24) is 4.90 Å². The van der Waals surface area contributed by atoms with Crippen molar-refractivity contribution in [3.8, 4) is 5.75 Å². The molecule has 0 N–H and O–H groups in total. The number of hydrogen-bond donors (Lipinski definition) is 0. The molecule has 3 rings (SSSR count). The lowest BCUT2D eigenvalue weighted by atomic mass is 9.91. The Morgan fingerprint density at radius 3 is 3.00 bits per heavy atom. The van der Waals surface area contributed by atoms with Crippen molar-refractivity contribution in [2.45, 2.75) is 37.6 Å². The predicted octanol–water partition coefficient (Wildman–Crippen LogP) is 3.65. The van der Waals surface area contributed by atoms with Crippen LogP contribution >= 0.6 is 11.6 Å². The quantitative estimate of drug-likeness (QED) is 0.783. The van der Waals surface area contributed by atoms with E-state index in [2.05, 4.69) is 29.2 Å². The number of piperidine rings is 1. The third-order valence-electron chi connectivity index (χ3n) is 4.46. The van der Waals surface area contributed by atoms with E-state index in [9.17, 15) is 0 Å². The second-order valence-corrected chi connectivity index (χ2v) is 5.98. The SMILES string of the molecule is ClCC1CCCCN1CC1CCOc2ccccc21. The van der Waals surface area contributed by atoms with E-state index in [1.54, 1.807) is 0 Å². The molecule has 3 heteroatoms. The van der Waals surface area contributed by atoms with Gasteiger partial charge in [-0.25, -0.2) is 0 Å². The summed E-state index contributed by atoms with van der Waals surface area (Å²) >= 11 is 6.13. The van der Waals surface area contributed by atoms with Gasteiger partial charge in [0.2, 0.25) is 0 Å². The fraction of sp³-hybridized carbons (Fsp3) is 0.625. The second kappa shape index (κ2) is 6.15. The summed E-state index contributed by atoms with van der Waals surface area (Å²) in [5, 5.41) is 0. The Labute approximate surface area is 120 Å². The van der Waals surface area contributed by atoms with Crippen LogP contribution in [0.5, 0.6) is 5.75 Å². The highest BCUT2D eigenvalue weighted by molar-refractivity contribution is 6.18. The molecule has 1 fully saturated rings. The molecule has 1 saturated heterocycles. The van der Waals surface area contributed by atoms with Crippen LogP contribution in [0.25, 0.3) is 0 Å². The van der Waals surface area contributed by atoms with Gasteiger partial charge in [-0.05, 0) is 37.4 Å². The number of halogens is 1. The summed E-state index contributed by atoms with van der Waals surface area (Å²) in [7, 11) is 0. The minimum atomic E-state index is 0.574. The van der Waals surface area contributed by atoms with Gasteiger partial charge in [-0.15, -0.1) is 11.6 Å². The lowest BCUT2D eigenvalue weighted by molar-refractivity contribution is 0.140. The third-order valence-corrected chi connectivity index (χ3v) is 4.82. The minimum absolute atomic E-state index is 0.574. The number of nitrogens with zero attached hydrogens (tertiary/aromatic N) is 1. The topological polar surface area (TPSA) is 12.5 Å². The number of para-hydroxylation sites is 1. The predicted molar refractivity (Wildman–Crippen MR) is 79.2 cm³/mol. The van der Waals surface area contributed by atoms with Crippen LogP contribution in [0.15, 0.2) is 24.3 Å². The van der Waals surface area contributed by atoms with Gasteiger partial charge in [0.05, 0.1) is 6.61 Å². The molecule has 2 unspecified atom stereocenters. The average molecular weight is 280 g/mol. The van der Waals surface area contributed by atoms with Gasteiger partial charge in [-0.2, -0.15) is 0 Å². The zero-order chi connectivity index (χ0) is 13.1. The first-order valence-corrected chi connectivity index (χ1v) is 7.93. The Hall–Kier alpha value is -0.730. The molecular formula is C16H22ClNO. The number of rotatable bonds is 3. The Morgan fingerprint density at radius 1 is 1.21 bits per heavy atom. The zero-order valence-electron chi connectivity index (χ0n) is 11.4. The van der Waals surface area contributed by atoms with E-state index < -0.39 is 0 Å². The summed E-state index contributed by atoms with van der Waals surface area (Å²) in [4.78, 5) is 2.60. The molecule has 0 saturated carbocycles. The molecule has 104 valence electrons. The molecule has 1 aromatic rings. The molecule has 2 aliphatic rings. The van der Waals surface area contributed by atoms with Crippen molar-refractivity contribution in [3.63, 3.8) is 0 Å². The summed E-state index contributed by atoms with van der Waals surface area (Å²) in [6.45, 7) is 3.19. The van der Waals surface area contributed by atoms with E-state index in [1.165, 1.54) is 31.4 Å². The summed E-state index contributed by atoms with van der Waals surface area (Å²) in [6, 6.07) is 9.07. The van der Waals surface area contributed by atoms with Crippen LogP contribution in [0.4, 0.5) is 0 Å². The van der Waals surface area contributed by atoms with Gasteiger partial charge in [-0.3, -0.25) is 4.90 Å². The number of likely N-dealkylation sites (tertiary alicyclic amines) is 1. The summed E-state index contributed by atoms with van der Waals surface area (Å²) in [6.07, 6.45) is 5.04. The first-order valence-electron chi connectivity index (χ1n) is 7.40. The molecule has 2 aliphatic heterocycles. The molecule has 0 aliphatic carbocycles. The maximum atomic E-state index is 6.13. The maximum Gasteiger partial charge on any atom is 0.122 e. The molecular weight excluding hydrogens is 258 g/mol. The molecule has 19 heavy (non-hydrogen) atoms. The van der Waals surface area contributed by atoms with Gasteiger partial charge >= 0.3 is 0 Å². The standard InChI is InChI=1S/C16H22ClNO/c17-11-14-5-3-4-9-18(14)12-13-8-10-19-16-7-2-1-6-15(13)16/h1-2,6-7,13-14H,3-5,8-12H2. The Bertz CT molecular complexity index is 423. The Balaban J connectivity index is 1.73. The highest BCUT2D eigenvalue weighted by atomic mass is 35.5. The molecule has 0 aromatic heterocycles. The normalized spacial score (nSPS) is 27.6. The number of fused-ring (bicyclic) bond motifs is 1. The molecule has 1 aromatic carbocycles. The number of hydrogen-bond acceptors (Lipinski definition) is 2. The van der Waals surface area contributed by atoms with Crippen molar-refractivity contribution >= 4 is 11.6 Å². The van der Waals surface area contributed by atoms with Gasteiger partial charge in [0.25, 0.3) is 0 Å². The molecule has 0 radical (unpaired) electrons. The first kappa shape index (κ1) is 13.3. The van der Waals surface area contributed by atoms with E-state index in [4.69, 9.17) is 16.3 Å². The highest BCUT2D eigenvalue weighted by Gasteiger charge is 2.27. The molecule has 2 heterocycles. The minimum Gasteiger partial charge on any atom is -0.493 e.